The summed E-state index contributed by atoms with van der Waals surface area (Å²) in [5, 5.41) is 0. The van der Waals surface area contributed by atoms with Crippen LogP contribution in [0.15, 0.2) is 31.0 Å². The lowest BCUT2D eigenvalue weighted by Gasteiger charge is -2.26. The van der Waals surface area contributed by atoms with E-state index in [2.05, 4.69) is 35.3 Å². The fourth-order valence-electron chi connectivity index (χ4n) is 2.68. The Morgan fingerprint density at radius 3 is 2.71 bits per heavy atom. The molecule has 0 fully saturated rings. The van der Waals surface area contributed by atoms with Gasteiger partial charge in [0.2, 0.25) is 0 Å². The molecule has 21 heavy (non-hydrogen) atoms. The van der Waals surface area contributed by atoms with Gasteiger partial charge in [0, 0.05) is 30.2 Å². The van der Waals surface area contributed by atoms with E-state index in [4.69, 9.17) is 5.73 Å². The highest BCUT2D eigenvalue weighted by atomic mass is 15.1. The van der Waals surface area contributed by atoms with Crippen LogP contribution in [0.4, 0.5) is 5.69 Å². The van der Waals surface area contributed by atoms with E-state index < -0.39 is 0 Å². The number of hydrogen-bond donors (Lipinski definition) is 1. The highest BCUT2D eigenvalue weighted by molar-refractivity contribution is 5.72. The van der Waals surface area contributed by atoms with E-state index in [0.717, 1.165) is 23.5 Å². The maximum absolute atomic E-state index is 6.06. The van der Waals surface area contributed by atoms with Crippen LogP contribution in [0.25, 0.3) is 11.3 Å². The van der Waals surface area contributed by atoms with Gasteiger partial charge < -0.3 is 10.3 Å². The minimum atomic E-state index is 0.252. The standard InChI is InChI=1S/C17H26N4/c1-4-5-6-8-17(2,3)12-21-13-20-11-16(21)14-10-19-9-7-15(14)18/h7,9-11,13H,4-6,8,12H2,1-3H3,(H2,18,19). The van der Waals surface area contributed by atoms with Crippen molar-refractivity contribution >= 4 is 5.69 Å². The molecule has 2 aromatic rings. The van der Waals surface area contributed by atoms with E-state index in [9.17, 15) is 0 Å². The molecule has 0 saturated carbocycles. The summed E-state index contributed by atoms with van der Waals surface area (Å²) < 4.78 is 2.19. The van der Waals surface area contributed by atoms with Gasteiger partial charge in [0.05, 0.1) is 18.2 Å². The summed E-state index contributed by atoms with van der Waals surface area (Å²) in [5.41, 5.74) is 9.06. The molecule has 0 aliphatic rings. The Morgan fingerprint density at radius 1 is 1.19 bits per heavy atom. The van der Waals surface area contributed by atoms with Crippen LogP contribution in [-0.4, -0.2) is 14.5 Å². The first-order chi connectivity index (χ1) is 10.0. The summed E-state index contributed by atoms with van der Waals surface area (Å²) in [5.74, 6) is 0. The lowest BCUT2D eigenvalue weighted by molar-refractivity contribution is 0.272. The maximum atomic E-state index is 6.06. The Bertz CT molecular complexity index is 572. The summed E-state index contributed by atoms with van der Waals surface area (Å²) in [6.45, 7) is 7.82. The molecule has 2 rings (SSSR count). The SMILES string of the molecule is CCCCCC(C)(C)Cn1cncc1-c1cnccc1N. The average Bonchev–Trinajstić information content (AvgIpc) is 2.86. The lowest BCUT2D eigenvalue weighted by Crippen LogP contribution is -2.20. The molecule has 0 radical (unpaired) electrons. The molecule has 0 saturated heterocycles. The number of anilines is 1. The van der Waals surface area contributed by atoms with Crippen molar-refractivity contribution in [1.29, 1.82) is 0 Å². The molecular weight excluding hydrogens is 260 g/mol. The third kappa shape index (κ3) is 4.06. The predicted octanol–water partition coefficient (Wildman–Crippen LogP) is 4.13. The van der Waals surface area contributed by atoms with Crippen LogP contribution in [0, 0.1) is 5.41 Å². The largest absolute Gasteiger partial charge is 0.398 e. The van der Waals surface area contributed by atoms with Crippen LogP contribution >= 0.6 is 0 Å². The van der Waals surface area contributed by atoms with E-state index in [1.807, 2.05) is 24.8 Å². The van der Waals surface area contributed by atoms with E-state index in [1.54, 1.807) is 6.20 Å². The van der Waals surface area contributed by atoms with Crippen molar-refractivity contribution in [3.63, 3.8) is 0 Å². The summed E-state index contributed by atoms with van der Waals surface area (Å²) in [6.07, 6.45) is 12.4. The van der Waals surface area contributed by atoms with Gasteiger partial charge in [0.15, 0.2) is 0 Å². The van der Waals surface area contributed by atoms with Crippen LogP contribution < -0.4 is 5.73 Å². The van der Waals surface area contributed by atoms with Gasteiger partial charge in [-0.1, -0.05) is 40.0 Å². The molecule has 0 aromatic carbocycles. The fraction of sp³-hybridized carbons (Fsp3) is 0.529. The number of unbranched alkanes of at least 4 members (excludes halogenated alkanes) is 2. The molecule has 4 heteroatoms. The van der Waals surface area contributed by atoms with Crippen molar-refractivity contribution in [3.8, 4) is 11.3 Å². The number of imidazole rings is 1. The first kappa shape index (κ1) is 15.5. The molecule has 0 aliphatic heterocycles. The molecule has 0 amide bonds. The Labute approximate surface area is 127 Å². The number of nitrogens with two attached hydrogens (primary N) is 1. The van der Waals surface area contributed by atoms with Gasteiger partial charge in [0.25, 0.3) is 0 Å². The second-order valence-electron chi connectivity index (χ2n) is 6.49. The second kappa shape index (κ2) is 6.74. The highest BCUT2D eigenvalue weighted by Gasteiger charge is 2.20. The van der Waals surface area contributed by atoms with Crippen molar-refractivity contribution in [2.75, 3.05) is 5.73 Å². The Hall–Kier alpha value is -1.84. The van der Waals surface area contributed by atoms with Crippen molar-refractivity contribution in [2.45, 2.75) is 53.0 Å². The normalized spacial score (nSPS) is 11.8. The van der Waals surface area contributed by atoms with E-state index in [0.29, 0.717) is 0 Å². The fourth-order valence-corrected chi connectivity index (χ4v) is 2.68. The van der Waals surface area contributed by atoms with Crippen LogP contribution in [0.3, 0.4) is 0 Å². The van der Waals surface area contributed by atoms with Gasteiger partial charge in [-0.25, -0.2) is 4.98 Å². The summed E-state index contributed by atoms with van der Waals surface area (Å²) >= 11 is 0. The molecule has 0 unspecified atom stereocenters. The van der Waals surface area contributed by atoms with Crippen LogP contribution in [0.1, 0.15) is 46.5 Å². The van der Waals surface area contributed by atoms with Crippen molar-refractivity contribution in [1.82, 2.24) is 14.5 Å². The number of hydrogen-bond acceptors (Lipinski definition) is 3. The minimum absolute atomic E-state index is 0.252. The van der Waals surface area contributed by atoms with E-state index in [1.165, 1.54) is 25.7 Å². The van der Waals surface area contributed by atoms with E-state index in [-0.39, 0.29) is 5.41 Å². The van der Waals surface area contributed by atoms with Crippen molar-refractivity contribution in [2.24, 2.45) is 5.41 Å². The van der Waals surface area contributed by atoms with Crippen LogP contribution in [0.5, 0.6) is 0 Å². The van der Waals surface area contributed by atoms with Gasteiger partial charge in [-0.3, -0.25) is 4.98 Å². The van der Waals surface area contributed by atoms with Crippen LogP contribution in [0.2, 0.25) is 0 Å². The van der Waals surface area contributed by atoms with Crippen molar-refractivity contribution < 1.29 is 0 Å². The zero-order chi connectivity index (χ0) is 15.3. The third-order valence-electron chi connectivity index (χ3n) is 3.90. The summed E-state index contributed by atoms with van der Waals surface area (Å²) in [6, 6.07) is 1.83. The molecule has 0 atom stereocenters. The Balaban J connectivity index is 2.16. The first-order valence-corrected chi connectivity index (χ1v) is 7.73. The number of nitrogens with zero attached hydrogens (tertiary/aromatic N) is 3. The molecule has 4 nitrogen and oxygen atoms in total. The minimum Gasteiger partial charge on any atom is -0.398 e. The first-order valence-electron chi connectivity index (χ1n) is 7.73. The zero-order valence-corrected chi connectivity index (χ0v) is 13.3. The van der Waals surface area contributed by atoms with Crippen LogP contribution in [-0.2, 0) is 6.54 Å². The average molecular weight is 286 g/mol. The number of rotatable bonds is 7. The molecule has 0 spiro atoms. The maximum Gasteiger partial charge on any atom is 0.0951 e. The van der Waals surface area contributed by atoms with E-state index >= 15 is 0 Å². The zero-order valence-electron chi connectivity index (χ0n) is 13.3. The molecule has 114 valence electrons. The number of nitrogen functional groups attached to an aromatic ring is 1. The summed E-state index contributed by atoms with van der Waals surface area (Å²) in [4.78, 5) is 8.48. The van der Waals surface area contributed by atoms with Gasteiger partial charge in [-0.15, -0.1) is 0 Å². The lowest BCUT2D eigenvalue weighted by atomic mass is 9.86. The third-order valence-corrected chi connectivity index (χ3v) is 3.90. The molecule has 2 N–H and O–H groups in total. The Morgan fingerprint density at radius 2 is 2.00 bits per heavy atom. The molecule has 2 aromatic heterocycles. The molecular formula is C17H26N4. The monoisotopic (exact) mass is 286 g/mol. The molecule has 2 heterocycles. The van der Waals surface area contributed by atoms with Gasteiger partial charge in [-0.05, 0) is 17.9 Å². The smallest absolute Gasteiger partial charge is 0.0951 e. The second-order valence-corrected chi connectivity index (χ2v) is 6.49. The number of pyridine rings is 1. The molecule has 0 aliphatic carbocycles. The topological polar surface area (TPSA) is 56.7 Å². The quantitative estimate of drug-likeness (QED) is 0.778. The molecule has 0 bridgehead atoms. The van der Waals surface area contributed by atoms with Gasteiger partial charge in [-0.2, -0.15) is 0 Å². The summed E-state index contributed by atoms with van der Waals surface area (Å²) in [7, 11) is 0. The number of aromatic nitrogens is 3. The van der Waals surface area contributed by atoms with Gasteiger partial charge in [0.1, 0.15) is 0 Å². The van der Waals surface area contributed by atoms with Gasteiger partial charge >= 0.3 is 0 Å². The highest BCUT2D eigenvalue weighted by Crippen LogP contribution is 2.30. The predicted molar refractivity (Wildman–Crippen MR) is 87.8 cm³/mol. The van der Waals surface area contributed by atoms with Crippen molar-refractivity contribution in [3.05, 3.63) is 31.0 Å². The Kier molecular flexibility index (Phi) is 4.99.